The number of benzene rings is 2. The van der Waals surface area contributed by atoms with Gasteiger partial charge in [0.25, 0.3) is 0 Å². The molecule has 4 atom stereocenters. The van der Waals surface area contributed by atoms with E-state index in [-0.39, 0.29) is 25.0 Å². The van der Waals surface area contributed by atoms with Gasteiger partial charge in [-0.25, -0.2) is 0 Å². The van der Waals surface area contributed by atoms with E-state index in [2.05, 4.69) is 16.4 Å². The molecule has 1 aromatic heterocycles. The van der Waals surface area contributed by atoms with Gasteiger partial charge in [0.2, 0.25) is 5.91 Å². The summed E-state index contributed by atoms with van der Waals surface area (Å²) in [6.45, 7) is -0.732. The van der Waals surface area contributed by atoms with E-state index in [4.69, 9.17) is 26.2 Å². The molecule has 1 heterocycles. The number of carbonyl (C=O) groups excluding carboxylic acids is 1. The van der Waals surface area contributed by atoms with E-state index in [9.17, 15) is 25.2 Å². The van der Waals surface area contributed by atoms with Crippen LogP contribution in [0.25, 0.3) is 11.1 Å². The van der Waals surface area contributed by atoms with Crippen LogP contribution in [-0.2, 0) is 21.7 Å². The maximum atomic E-state index is 12.2. The third-order valence-electron chi connectivity index (χ3n) is 8.18. The molecule has 2 aliphatic carbocycles. The molecule has 0 spiro atoms. The molecule has 4 unspecified atom stereocenters. The average molecular weight is 673 g/mol. The number of hydrogen-bond acceptors (Lipinski definition) is 10. The zero-order valence-corrected chi connectivity index (χ0v) is 27.0. The molecule has 12 heteroatoms. The van der Waals surface area contributed by atoms with E-state index in [0.29, 0.717) is 23.8 Å². The summed E-state index contributed by atoms with van der Waals surface area (Å²) in [6.07, 6.45) is 2.14. The quantitative estimate of drug-likeness (QED) is 0.0871. The van der Waals surface area contributed by atoms with Crippen molar-refractivity contribution in [3.63, 3.8) is 0 Å². The Morgan fingerprint density at radius 1 is 1.04 bits per heavy atom. The minimum atomic E-state index is -1.74. The Bertz CT molecular complexity index is 1470. The fourth-order valence-electron chi connectivity index (χ4n) is 5.14. The van der Waals surface area contributed by atoms with Gasteiger partial charge in [0, 0.05) is 46.4 Å². The zero-order chi connectivity index (χ0) is 32.7. The molecule has 46 heavy (non-hydrogen) atoms. The predicted molar refractivity (Wildman–Crippen MR) is 175 cm³/mol. The first-order valence-corrected chi connectivity index (χ1v) is 16.9. The summed E-state index contributed by atoms with van der Waals surface area (Å²) < 4.78 is 12.8. The predicted octanol–water partition coefficient (Wildman–Crippen LogP) is 3.57. The van der Waals surface area contributed by atoms with Gasteiger partial charge in [-0.2, -0.15) is 0 Å². The molecule has 1 amide bonds. The second-order valence-corrected chi connectivity index (χ2v) is 13.4. The summed E-state index contributed by atoms with van der Waals surface area (Å²) >= 11 is 8.16. The number of aliphatic hydroxyl groups is 5. The first-order chi connectivity index (χ1) is 22.2. The van der Waals surface area contributed by atoms with Crippen LogP contribution >= 0.6 is 23.4 Å². The molecule has 10 nitrogen and oxygen atoms in total. The molecule has 2 fully saturated rings. The maximum Gasteiger partial charge on any atom is 0.220 e. The first kappa shape index (κ1) is 34.6. The largest absolute Gasteiger partial charge is 0.490 e. The van der Waals surface area contributed by atoms with Crippen LogP contribution in [0.4, 0.5) is 0 Å². The number of aromatic nitrogens is 1. The van der Waals surface area contributed by atoms with E-state index < -0.39 is 36.6 Å². The van der Waals surface area contributed by atoms with Crippen molar-refractivity contribution in [2.75, 3.05) is 18.9 Å². The average Bonchev–Trinajstić information content (AvgIpc) is 4.02. The van der Waals surface area contributed by atoms with Crippen LogP contribution in [0.5, 0.6) is 5.75 Å². The summed E-state index contributed by atoms with van der Waals surface area (Å²) in [5.74, 6) is 1.22. The number of pyridine rings is 1. The van der Waals surface area contributed by atoms with Crippen LogP contribution in [0.15, 0.2) is 65.8 Å². The van der Waals surface area contributed by atoms with E-state index in [1.54, 1.807) is 18.0 Å². The highest BCUT2D eigenvalue weighted by Crippen LogP contribution is 2.53. The van der Waals surface area contributed by atoms with Crippen LogP contribution < -0.4 is 10.1 Å². The van der Waals surface area contributed by atoms with Gasteiger partial charge in [-0.3, -0.25) is 9.78 Å². The van der Waals surface area contributed by atoms with Crippen molar-refractivity contribution in [3.05, 3.63) is 77.1 Å². The van der Waals surface area contributed by atoms with Crippen molar-refractivity contribution < 1.29 is 39.8 Å². The fraction of sp³-hybridized carbons (Fsp3) is 0.471. The summed E-state index contributed by atoms with van der Waals surface area (Å²) in [6, 6.07) is 15.9. The normalized spacial score (nSPS) is 18.0. The van der Waals surface area contributed by atoms with Crippen molar-refractivity contribution in [2.45, 2.75) is 86.1 Å². The molecule has 5 rings (SSSR count). The molecule has 0 bridgehead atoms. The summed E-state index contributed by atoms with van der Waals surface area (Å²) in [7, 11) is 0. The van der Waals surface area contributed by atoms with Crippen LogP contribution in [0.2, 0.25) is 5.02 Å². The Morgan fingerprint density at radius 2 is 1.80 bits per heavy atom. The van der Waals surface area contributed by atoms with Crippen LogP contribution in [-0.4, -0.2) is 85.8 Å². The lowest BCUT2D eigenvalue weighted by Gasteiger charge is -2.25. The Kier molecular flexibility index (Phi) is 12.0. The zero-order valence-electron chi connectivity index (χ0n) is 25.4. The van der Waals surface area contributed by atoms with Gasteiger partial charge < -0.3 is 40.3 Å². The molecule has 0 radical (unpaired) electrons. The SMILES string of the molecule is O=C(CCCSc1ccc(Cl)c(COC2(c3cnccc3-c3ccccc3OC3CC3)CC2)c1)NCC(O)C(O)C(O)C(O)CO. The molecule has 3 aromatic rings. The number of halogens is 1. The minimum absolute atomic E-state index is 0.200. The standard InChI is InChI=1S/C34H41ClN2O8S/c35-27-10-9-23(46-15-3-6-31(41)37-18-28(39)32(42)33(43)29(40)19-38)16-21(27)20-44-34(12-13-34)26-17-36-14-11-24(26)25-4-1-2-5-30(25)45-22-7-8-22/h1-2,4-5,9-11,14,16-17,22,28-29,32-33,38-40,42-43H,3,6-8,12-13,15,18-20H2,(H,37,41). The minimum Gasteiger partial charge on any atom is -0.490 e. The highest BCUT2D eigenvalue weighted by atomic mass is 35.5. The number of para-hydroxylation sites is 1. The Labute approximate surface area is 277 Å². The number of carbonyl (C=O) groups is 1. The number of amides is 1. The third-order valence-corrected chi connectivity index (χ3v) is 9.63. The number of hydrogen-bond donors (Lipinski definition) is 6. The summed E-state index contributed by atoms with van der Waals surface area (Å²) in [5.41, 5.74) is 3.57. The highest BCUT2D eigenvalue weighted by Gasteiger charge is 2.48. The number of nitrogens with zero attached hydrogens (tertiary/aromatic N) is 1. The number of ether oxygens (including phenoxy) is 2. The van der Waals surface area contributed by atoms with E-state index in [1.165, 1.54) is 0 Å². The Hall–Kier alpha value is -2.74. The van der Waals surface area contributed by atoms with Crippen LogP contribution in [0.3, 0.4) is 0 Å². The monoisotopic (exact) mass is 672 g/mol. The Balaban J connectivity index is 1.12. The van der Waals surface area contributed by atoms with Gasteiger partial charge in [0.1, 0.15) is 24.1 Å². The van der Waals surface area contributed by atoms with Gasteiger partial charge in [0.05, 0.1) is 31.0 Å². The molecule has 2 aliphatic rings. The molecule has 0 aliphatic heterocycles. The summed E-state index contributed by atoms with van der Waals surface area (Å²) in [4.78, 5) is 17.6. The molecule has 2 aromatic carbocycles. The van der Waals surface area contributed by atoms with Crippen molar-refractivity contribution in [1.82, 2.24) is 10.3 Å². The van der Waals surface area contributed by atoms with Crippen LogP contribution in [0, 0.1) is 0 Å². The van der Waals surface area contributed by atoms with E-state index >= 15 is 0 Å². The number of rotatable bonds is 18. The van der Waals surface area contributed by atoms with Gasteiger partial charge in [-0.15, -0.1) is 11.8 Å². The lowest BCUT2D eigenvalue weighted by Crippen LogP contribution is -2.49. The lowest BCUT2D eigenvalue weighted by atomic mass is 9.96. The summed E-state index contributed by atoms with van der Waals surface area (Å²) in [5, 5.41) is 50.9. The molecular formula is C34H41ClN2O8S. The van der Waals surface area contributed by atoms with Gasteiger partial charge in [-0.1, -0.05) is 29.8 Å². The number of thioether (sulfide) groups is 1. The van der Waals surface area contributed by atoms with Gasteiger partial charge in [0.15, 0.2) is 0 Å². The molecule has 6 N–H and O–H groups in total. The lowest BCUT2D eigenvalue weighted by molar-refractivity contribution is -0.126. The van der Waals surface area contributed by atoms with Crippen molar-refractivity contribution in [3.8, 4) is 16.9 Å². The van der Waals surface area contributed by atoms with Crippen LogP contribution in [0.1, 0.15) is 49.7 Å². The molecule has 0 saturated heterocycles. The van der Waals surface area contributed by atoms with Crippen molar-refractivity contribution >= 4 is 29.3 Å². The first-order valence-electron chi connectivity index (χ1n) is 15.6. The molecular weight excluding hydrogens is 632 g/mol. The van der Waals surface area contributed by atoms with Gasteiger partial charge >= 0.3 is 0 Å². The number of aliphatic hydroxyl groups excluding tert-OH is 5. The second kappa shape index (κ2) is 15.9. The molecule has 2 saturated carbocycles. The van der Waals surface area contributed by atoms with E-state index in [1.807, 2.05) is 48.7 Å². The van der Waals surface area contributed by atoms with Gasteiger partial charge in [-0.05, 0) is 79.3 Å². The highest BCUT2D eigenvalue weighted by molar-refractivity contribution is 7.99. The third kappa shape index (κ3) is 8.99. The number of nitrogens with one attached hydrogen (secondary N) is 1. The second-order valence-electron chi connectivity index (χ2n) is 11.8. The van der Waals surface area contributed by atoms with E-state index in [0.717, 1.165) is 58.6 Å². The smallest absolute Gasteiger partial charge is 0.220 e. The maximum absolute atomic E-state index is 12.2. The molecule has 248 valence electrons. The van der Waals surface area contributed by atoms with Crippen molar-refractivity contribution in [2.24, 2.45) is 0 Å². The van der Waals surface area contributed by atoms with Crippen molar-refractivity contribution in [1.29, 1.82) is 0 Å². The fourth-order valence-corrected chi connectivity index (χ4v) is 6.22. The Morgan fingerprint density at radius 3 is 2.54 bits per heavy atom. The topological polar surface area (TPSA) is 162 Å².